The van der Waals surface area contributed by atoms with Gasteiger partial charge < -0.3 is 25.3 Å². The van der Waals surface area contributed by atoms with Gasteiger partial charge in [0.2, 0.25) is 5.91 Å². The van der Waals surface area contributed by atoms with Crippen LogP contribution in [0.25, 0.3) is 10.1 Å². The summed E-state index contributed by atoms with van der Waals surface area (Å²) in [5.74, 6) is 0.0356. The molecule has 238 valence electrons. The number of piperidine rings is 3. The van der Waals surface area contributed by atoms with Gasteiger partial charge in [-0.05, 0) is 98.5 Å². The molecule has 3 fully saturated rings. The molecule has 1 spiro atoms. The average molecular weight is 628 g/mol. The number of nitrogens with one attached hydrogen (secondary N) is 2. The Balaban J connectivity index is 1.02. The van der Waals surface area contributed by atoms with Gasteiger partial charge in [0.05, 0.1) is 0 Å². The van der Waals surface area contributed by atoms with Crippen molar-refractivity contribution in [3.63, 3.8) is 0 Å². The number of amides is 4. The molecule has 5 heterocycles. The number of urea groups is 1. The van der Waals surface area contributed by atoms with Crippen LogP contribution in [0.15, 0.2) is 53.9 Å². The van der Waals surface area contributed by atoms with Crippen LogP contribution >= 0.6 is 11.3 Å². The maximum atomic E-state index is 14.1. The van der Waals surface area contributed by atoms with Crippen LogP contribution in [-0.4, -0.2) is 90.4 Å². The number of nitrogens with zero attached hydrogens (tertiary/aromatic N) is 3. The molecule has 8 nitrogen and oxygen atoms in total. The van der Waals surface area contributed by atoms with Gasteiger partial charge >= 0.3 is 6.03 Å². The van der Waals surface area contributed by atoms with E-state index >= 15 is 0 Å². The summed E-state index contributed by atoms with van der Waals surface area (Å²) in [5.41, 5.74) is 2.93. The molecule has 0 unspecified atom stereocenters. The fourth-order valence-corrected chi connectivity index (χ4v) is 9.14. The van der Waals surface area contributed by atoms with E-state index in [9.17, 15) is 14.4 Å². The van der Waals surface area contributed by atoms with E-state index in [1.807, 2.05) is 28.0 Å². The van der Waals surface area contributed by atoms with Gasteiger partial charge in [-0.3, -0.25) is 9.59 Å². The van der Waals surface area contributed by atoms with E-state index in [0.717, 1.165) is 56.3 Å². The van der Waals surface area contributed by atoms with Gasteiger partial charge in [-0.2, -0.15) is 0 Å². The lowest BCUT2D eigenvalue weighted by Gasteiger charge is -2.45. The molecule has 1 aromatic heterocycles. The number of aryl methyl sites for hydroxylation is 1. The molecule has 0 aliphatic carbocycles. The zero-order valence-corrected chi connectivity index (χ0v) is 27.0. The highest BCUT2D eigenvalue weighted by molar-refractivity contribution is 7.17. The summed E-state index contributed by atoms with van der Waals surface area (Å²) in [6, 6.07) is 16.1. The minimum Gasteiger partial charge on any atom is -0.351 e. The Morgan fingerprint density at radius 2 is 1.64 bits per heavy atom. The summed E-state index contributed by atoms with van der Waals surface area (Å²) in [7, 11) is 0. The fourth-order valence-electron chi connectivity index (χ4n) is 8.15. The lowest BCUT2D eigenvalue weighted by atomic mass is 9.69. The highest BCUT2D eigenvalue weighted by atomic mass is 32.1. The first-order valence-electron chi connectivity index (χ1n) is 16.9. The van der Waals surface area contributed by atoms with Gasteiger partial charge in [-0.25, -0.2) is 4.79 Å². The molecule has 2 N–H and O–H groups in total. The molecule has 4 aliphatic rings. The minimum atomic E-state index is -0.562. The Hall–Kier alpha value is -3.43. The summed E-state index contributed by atoms with van der Waals surface area (Å²) in [4.78, 5) is 46.8. The molecule has 0 bridgehead atoms. The van der Waals surface area contributed by atoms with Crippen molar-refractivity contribution in [1.82, 2.24) is 25.3 Å². The second-order valence-corrected chi connectivity index (χ2v) is 14.4. The topological polar surface area (TPSA) is 85.0 Å². The summed E-state index contributed by atoms with van der Waals surface area (Å²) >= 11 is 1.74. The Bertz CT molecular complexity index is 1530. The molecule has 2 aromatic carbocycles. The molecule has 4 amide bonds. The van der Waals surface area contributed by atoms with Crippen molar-refractivity contribution >= 4 is 39.3 Å². The molecule has 3 aromatic rings. The van der Waals surface area contributed by atoms with E-state index in [2.05, 4.69) is 51.2 Å². The number of rotatable bonds is 6. The highest BCUT2D eigenvalue weighted by Crippen LogP contribution is 2.39. The third-order valence-corrected chi connectivity index (χ3v) is 11.9. The summed E-state index contributed by atoms with van der Waals surface area (Å²) in [6.45, 7) is 5.65. The molecule has 7 rings (SSSR count). The van der Waals surface area contributed by atoms with E-state index in [1.165, 1.54) is 48.0 Å². The lowest BCUT2D eigenvalue weighted by molar-refractivity contribution is -0.135. The number of carbonyl (C=O) groups excluding carboxylic acids is 3. The number of hydrogen-bond donors (Lipinski definition) is 2. The molecule has 0 radical (unpaired) electrons. The van der Waals surface area contributed by atoms with Crippen LogP contribution in [-0.2, 0) is 16.6 Å². The monoisotopic (exact) mass is 627 g/mol. The zero-order valence-electron chi connectivity index (χ0n) is 26.1. The first-order valence-corrected chi connectivity index (χ1v) is 17.8. The van der Waals surface area contributed by atoms with E-state index in [-0.39, 0.29) is 23.3 Å². The predicted molar refractivity (Wildman–Crippen MR) is 179 cm³/mol. The first kappa shape index (κ1) is 30.2. The van der Waals surface area contributed by atoms with Crippen molar-refractivity contribution in [2.24, 2.45) is 0 Å². The summed E-state index contributed by atoms with van der Waals surface area (Å²) in [6.07, 6.45) is 8.78. The largest absolute Gasteiger partial charge is 0.351 e. The van der Waals surface area contributed by atoms with E-state index in [0.29, 0.717) is 32.1 Å². The van der Waals surface area contributed by atoms with Crippen molar-refractivity contribution in [2.45, 2.75) is 75.3 Å². The zero-order chi connectivity index (χ0) is 30.8. The Morgan fingerprint density at radius 3 is 2.44 bits per heavy atom. The highest BCUT2D eigenvalue weighted by Gasteiger charge is 2.43. The predicted octanol–water partition coefficient (Wildman–Crippen LogP) is 5.17. The third-order valence-electron chi connectivity index (χ3n) is 10.9. The molecular weight excluding hydrogens is 582 g/mol. The van der Waals surface area contributed by atoms with Gasteiger partial charge in [0.1, 0.15) is 6.04 Å². The van der Waals surface area contributed by atoms with Gasteiger partial charge in [-0.15, -0.1) is 11.3 Å². The summed E-state index contributed by atoms with van der Waals surface area (Å²) < 4.78 is 1.25. The second kappa shape index (κ2) is 13.1. The number of thiophene rings is 1. The van der Waals surface area contributed by atoms with Crippen molar-refractivity contribution in [3.05, 3.63) is 70.6 Å². The number of benzene rings is 2. The number of likely N-dealkylation sites (tertiary alicyclic amines) is 3. The third kappa shape index (κ3) is 6.21. The Kier molecular flexibility index (Phi) is 8.82. The van der Waals surface area contributed by atoms with Crippen LogP contribution in [0.4, 0.5) is 4.79 Å². The molecule has 45 heavy (non-hydrogen) atoms. The van der Waals surface area contributed by atoms with Gasteiger partial charge in [0.25, 0.3) is 5.91 Å². The molecule has 4 aliphatic heterocycles. The van der Waals surface area contributed by atoms with Crippen LogP contribution in [0.5, 0.6) is 0 Å². The first-order chi connectivity index (χ1) is 22.0. The van der Waals surface area contributed by atoms with Crippen LogP contribution in [0.1, 0.15) is 72.9 Å². The lowest BCUT2D eigenvalue weighted by Crippen LogP contribution is -2.58. The maximum Gasteiger partial charge on any atom is 0.318 e. The smallest absolute Gasteiger partial charge is 0.318 e. The van der Waals surface area contributed by atoms with E-state index in [1.54, 1.807) is 11.3 Å². The standard InChI is InChI=1S/C36H45N5O3S/c42-33-29-9-2-4-10-30(29)36(25-37-33)16-22-41(23-17-36)35(44)38-31(13-12-26-24-45-32-11-5-3-8-28(26)32)34(43)40-20-14-27(15-21-40)39-18-6-1-7-19-39/h2-5,8-11,24,27,31H,1,6-7,12-23,25H2,(H,37,42)(H,38,44)/t31-/m1/s1. The maximum absolute atomic E-state index is 14.1. The van der Waals surface area contributed by atoms with Gasteiger partial charge in [-0.1, -0.05) is 42.8 Å². The van der Waals surface area contributed by atoms with Crippen molar-refractivity contribution < 1.29 is 14.4 Å². The van der Waals surface area contributed by atoms with Crippen LogP contribution in [0, 0.1) is 0 Å². The van der Waals surface area contributed by atoms with Gasteiger partial charge in [0.15, 0.2) is 0 Å². The minimum absolute atomic E-state index is 0.0175. The second-order valence-electron chi connectivity index (χ2n) is 13.4. The van der Waals surface area contributed by atoms with Gasteiger partial charge in [0, 0.05) is 54.4 Å². The number of fused-ring (bicyclic) bond motifs is 3. The van der Waals surface area contributed by atoms with Crippen LogP contribution < -0.4 is 10.6 Å². The molecular formula is C36H45N5O3S. The van der Waals surface area contributed by atoms with Crippen LogP contribution in [0.3, 0.4) is 0 Å². The number of hydrogen-bond acceptors (Lipinski definition) is 5. The summed E-state index contributed by atoms with van der Waals surface area (Å²) in [5, 5.41) is 9.72. The molecule has 9 heteroatoms. The number of carbonyl (C=O) groups is 3. The SMILES string of the molecule is O=C1NCC2(CCN(C(=O)N[C@H](CCc3csc4ccccc34)C(=O)N3CCC(N4CCCCC4)CC3)CC2)c2ccccc21. The molecule has 3 saturated heterocycles. The van der Waals surface area contributed by atoms with E-state index in [4.69, 9.17) is 0 Å². The van der Waals surface area contributed by atoms with Crippen LogP contribution in [0.2, 0.25) is 0 Å². The average Bonchev–Trinajstić information content (AvgIpc) is 3.52. The van der Waals surface area contributed by atoms with E-state index < -0.39 is 6.04 Å². The molecule has 0 saturated carbocycles. The quantitative estimate of drug-likeness (QED) is 0.395. The molecule has 1 atom stereocenters. The van der Waals surface area contributed by atoms with Crippen molar-refractivity contribution in [2.75, 3.05) is 45.8 Å². The van der Waals surface area contributed by atoms with Crippen molar-refractivity contribution in [1.29, 1.82) is 0 Å². The Morgan fingerprint density at radius 1 is 0.911 bits per heavy atom. The Labute approximate surface area is 270 Å². The van der Waals surface area contributed by atoms with Crippen molar-refractivity contribution in [3.8, 4) is 0 Å². The normalized spacial score (nSPS) is 21.4. The fraction of sp³-hybridized carbons (Fsp3) is 0.528.